The summed E-state index contributed by atoms with van der Waals surface area (Å²) in [6, 6.07) is 2.76. The molecule has 10 heteroatoms. The first-order valence-corrected chi connectivity index (χ1v) is 8.99. The summed E-state index contributed by atoms with van der Waals surface area (Å²) in [7, 11) is 0. The molecular weight excluding hydrogens is 359 g/mol. The number of hydrogen-bond acceptors (Lipinski definition) is 7. The molecule has 0 radical (unpaired) electrons. The molecule has 0 bridgehead atoms. The van der Waals surface area contributed by atoms with Gasteiger partial charge in [-0.2, -0.15) is 18.2 Å². The Morgan fingerprint density at radius 3 is 1.93 bits per heavy atom. The molecule has 0 N–H and O–H groups in total. The highest BCUT2D eigenvalue weighted by molar-refractivity contribution is 5.46. The zero-order valence-electron chi connectivity index (χ0n) is 14.7. The molecule has 2 aliphatic rings. The van der Waals surface area contributed by atoms with E-state index in [1.54, 1.807) is 11.1 Å². The Balaban J connectivity index is 1.43. The second kappa shape index (κ2) is 7.16. The number of hydrogen-bond donors (Lipinski definition) is 0. The summed E-state index contributed by atoms with van der Waals surface area (Å²) in [5.74, 6) is 1.70. The van der Waals surface area contributed by atoms with Crippen LogP contribution in [0.25, 0.3) is 0 Å². The summed E-state index contributed by atoms with van der Waals surface area (Å²) in [5, 5.41) is 0. The van der Waals surface area contributed by atoms with E-state index >= 15 is 0 Å². The molecule has 2 aromatic heterocycles. The Bertz CT molecular complexity index is 784. The molecule has 0 atom stereocenters. The van der Waals surface area contributed by atoms with Gasteiger partial charge in [0.1, 0.15) is 11.5 Å². The molecule has 0 aliphatic carbocycles. The Kier molecular flexibility index (Phi) is 4.71. The summed E-state index contributed by atoms with van der Waals surface area (Å²) >= 11 is 0. The number of halogens is 3. The van der Waals surface area contributed by atoms with E-state index in [-0.39, 0.29) is 5.95 Å². The van der Waals surface area contributed by atoms with E-state index in [1.165, 1.54) is 0 Å². The summed E-state index contributed by atoms with van der Waals surface area (Å²) in [6.45, 7) is 4.29. The summed E-state index contributed by atoms with van der Waals surface area (Å²) < 4.78 is 38.5. The number of aromatic nitrogens is 4. The maximum absolute atomic E-state index is 12.8. The van der Waals surface area contributed by atoms with Gasteiger partial charge in [-0.3, -0.25) is 0 Å². The van der Waals surface area contributed by atoms with E-state index in [0.717, 1.165) is 50.0 Å². The molecule has 4 heterocycles. The molecule has 2 saturated heterocycles. The highest BCUT2D eigenvalue weighted by atomic mass is 19.4. The molecule has 144 valence electrons. The van der Waals surface area contributed by atoms with Crippen LogP contribution in [0, 0.1) is 0 Å². The van der Waals surface area contributed by atoms with Crippen molar-refractivity contribution in [3.05, 3.63) is 30.2 Å². The van der Waals surface area contributed by atoms with Crippen LogP contribution in [0.1, 0.15) is 18.5 Å². The van der Waals surface area contributed by atoms with E-state index in [2.05, 4.69) is 29.7 Å². The Hall–Kier alpha value is -2.65. The number of nitrogens with zero attached hydrogens (tertiary/aromatic N) is 7. The minimum atomic E-state index is -4.47. The molecule has 0 aromatic carbocycles. The van der Waals surface area contributed by atoms with Gasteiger partial charge in [0.25, 0.3) is 0 Å². The molecule has 2 fully saturated rings. The third kappa shape index (κ3) is 3.88. The van der Waals surface area contributed by atoms with Crippen molar-refractivity contribution in [3.63, 3.8) is 0 Å². The summed E-state index contributed by atoms with van der Waals surface area (Å²) in [5.41, 5.74) is -0.916. The Morgan fingerprint density at radius 2 is 1.26 bits per heavy atom. The second-order valence-electron chi connectivity index (χ2n) is 6.62. The van der Waals surface area contributed by atoms with Crippen molar-refractivity contribution in [1.29, 1.82) is 0 Å². The zero-order chi connectivity index (χ0) is 18.9. The van der Waals surface area contributed by atoms with Gasteiger partial charge in [0.05, 0.1) is 0 Å². The van der Waals surface area contributed by atoms with Gasteiger partial charge < -0.3 is 14.7 Å². The minimum Gasteiger partial charge on any atom is -0.353 e. The minimum absolute atomic E-state index is 0.116. The zero-order valence-corrected chi connectivity index (χ0v) is 14.7. The number of rotatable bonds is 3. The molecule has 7 nitrogen and oxygen atoms in total. The van der Waals surface area contributed by atoms with Crippen LogP contribution >= 0.6 is 0 Å². The van der Waals surface area contributed by atoms with E-state index in [9.17, 15) is 13.2 Å². The average molecular weight is 379 g/mol. The molecule has 2 aliphatic heterocycles. The summed E-state index contributed by atoms with van der Waals surface area (Å²) in [6.07, 6.45) is 0.765. The fourth-order valence-corrected chi connectivity index (χ4v) is 3.38. The highest BCUT2D eigenvalue weighted by Crippen LogP contribution is 2.28. The predicted octanol–water partition coefficient (Wildman–Crippen LogP) is 2.21. The monoisotopic (exact) mass is 379 g/mol. The Labute approximate surface area is 154 Å². The quantitative estimate of drug-likeness (QED) is 0.810. The van der Waals surface area contributed by atoms with Crippen LogP contribution in [0.15, 0.2) is 24.5 Å². The predicted molar refractivity (Wildman–Crippen MR) is 94.9 cm³/mol. The van der Waals surface area contributed by atoms with Gasteiger partial charge >= 0.3 is 6.18 Å². The molecule has 4 rings (SSSR count). The maximum atomic E-state index is 12.8. The van der Waals surface area contributed by atoms with Crippen molar-refractivity contribution >= 4 is 17.7 Å². The molecule has 0 amide bonds. The van der Waals surface area contributed by atoms with Crippen molar-refractivity contribution in [1.82, 2.24) is 19.9 Å². The van der Waals surface area contributed by atoms with Crippen LogP contribution in [0.4, 0.5) is 30.9 Å². The first-order chi connectivity index (χ1) is 13.0. The van der Waals surface area contributed by atoms with E-state index in [0.29, 0.717) is 26.2 Å². The first kappa shape index (κ1) is 17.7. The molecule has 0 saturated carbocycles. The van der Waals surface area contributed by atoms with Crippen LogP contribution < -0.4 is 14.7 Å². The van der Waals surface area contributed by atoms with Crippen LogP contribution in [0.5, 0.6) is 0 Å². The number of alkyl halides is 3. The van der Waals surface area contributed by atoms with Crippen molar-refractivity contribution < 1.29 is 13.2 Å². The SMILES string of the molecule is FC(F)(F)c1ccnc(N2CCN(c3ccnc(N4CCCC4)n3)CC2)n1. The van der Waals surface area contributed by atoms with Crippen molar-refractivity contribution in [2.75, 3.05) is 54.0 Å². The lowest BCUT2D eigenvalue weighted by atomic mass is 10.3. The highest BCUT2D eigenvalue weighted by Gasteiger charge is 2.33. The third-order valence-corrected chi connectivity index (χ3v) is 4.84. The van der Waals surface area contributed by atoms with Crippen molar-refractivity contribution in [2.45, 2.75) is 19.0 Å². The average Bonchev–Trinajstić information content (AvgIpc) is 3.23. The van der Waals surface area contributed by atoms with Gasteiger partial charge in [-0.25, -0.2) is 15.0 Å². The van der Waals surface area contributed by atoms with Crippen molar-refractivity contribution in [2.24, 2.45) is 0 Å². The second-order valence-corrected chi connectivity index (χ2v) is 6.62. The van der Waals surface area contributed by atoms with E-state index in [1.807, 2.05) is 6.07 Å². The van der Waals surface area contributed by atoms with Gasteiger partial charge in [-0.15, -0.1) is 0 Å². The van der Waals surface area contributed by atoms with Crippen molar-refractivity contribution in [3.8, 4) is 0 Å². The lowest BCUT2D eigenvalue weighted by Crippen LogP contribution is -2.47. The lowest BCUT2D eigenvalue weighted by molar-refractivity contribution is -0.141. The first-order valence-electron chi connectivity index (χ1n) is 8.99. The van der Waals surface area contributed by atoms with E-state index in [4.69, 9.17) is 0 Å². The molecule has 0 spiro atoms. The molecule has 27 heavy (non-hydrogen) atoms. The molecule has 0 unspecified atom stereocenters. The van der Waals surface area contributed by atoms with Gasteiger partial charge in [0.15, 0.2) is 0 Å². The van der Waals surface area contributed by atoms with Gasteiger partial charge in [-0.1, -0.05) is 0 Å². The number of anilines is 3. The molecular formula is C17H20F3N7. The fourth-order valence-electron chi connectivity index (χ4n) is 3.38. The smallest absolute Gasteiger partial charge is 0.353 e. The van der Waals surface area contributed by atoms with Crippen LogP contribution in [0.2, 0.25) is 0 Å². The molecule has 2 aromatic rings. The number of piperazine rings is 1. The Morgan fingerprint density at radius 1 is 0.704 bits per heavy atom. The van der Waals surface area contributed by atoms with Crippen LogP contribution in [-0.2, 0) is 6.18 Å². The van der Waals surface area contributed by atoms with Gasteiger partial charge in [-0.05, 0) is 25.0 Å². The van der Waals surface area contributed by atoms with Gasteiger partial charge in [0, 0.05) is 51.7 Å². The third-order valence-electron chi connectivity index (χ3n) is 4.84. The topological polar surface area (TPSA) is 61.3 Å². The van der Waals surface area contributed by atoms with Gasteiger partial charge in [0.2, 0.25) is 11.9 Å². The largest absolute Gasteiger partial charge is 0.433 e. The fraction of sp³-hybridized carbons (Fsp3) is 0.529. The standard InChI is InChI=1S/C17H20F3N7/c18-17(19,20)13-3-5-21-15(23-13)27-11-9-25(10-12-27)14-4-6-22-16(24-14)26-7-1-2-8-26/h3-6H,1-2,7-12H2. The maximum Gasteiger partial charge on any atom is 0.433 e. The van der Waals surface area contributed by atoms with Crippen LogP contribution in [-0.4, -0.2) is 59.2 Å². The summed E-state index contributed by atoms with van der Waals surface area (Å²) in [4.78, 5) is 22.8. The lowest BCUT2D eigenvalue weighted by Gasteiger charge is -2.35. The van der Waals surface area contributed by atoms with E-state index < -0.39 is 11.9 Å². The normalized spacial score (nSPS) is 18.3. The van der Waals surface area contributed by atoms with Crippen LogP contribution in [0.3, 0.4) is 0 Å².